The number of nitrogens with one attached hydrogen (secondary N) is 2. The van der Waals surface area contributed by atoms with E-state index in [-0.39, 0.29) is 16.6 Å². The normalized spacial score (nSPS) is 11.9. The quantitative estimate of drug-likeness (QED) is 0.230. The molecule has 0 atom stereocenters. The molecule has 0 bridgehead atoms. The zero-order chi connectivity index (χ0) is 25.5. The van der Waals surface area contributed by atoms with Gasteiger partial charge in [-0.25, -0.2) is 22.2 Å². The number of nitrogens with zero attached hydrogens (tertiary/aromatic N) is 1. The van der Waals surface area contributed by atoms with Crippen LogP contribution in [-0.4, -0.2) is 24.2 Å². The van der Waals surface area contributed by atoms with E-state index < -0.39 is 55.3 Å². The molecule has 0 unspecified atom stereocenters. The highest BCUT2D eigenvalue weighted by atomic mass is 32.2. The molecule has 12 heteroatoms. The highest BCUT2D eigenvalue weighted by molar-refractivity contribution is 7.92. The number of sulfonamides is 1. The average Bonchev–Trinajstić information content (AvgIpc) is 3.23. The van der Waals surface area contributed by atoms with Gasteiger partial charge in [0.1, 0.15) is 11.5 Å². The molecule has 0 aliphatic heterocycles. The molecule has 0 aliphatic carbocycles. The minimum Gasteiger partial charge on any atom is -0.345 e. The summed E-state index contributed by atoms with van der Waals surface area (Å²) in [6.45, 7) is 0. The second-order valence-corrected chi connectivity index (χ2v) is 8.89. The zero-order valence-electron chi connectivity index (χ0n) is 17.2. The topological polar surface area (TPSA) is 91.9 Å². The second kappa shape index (κ2) is 8.52. The highest BCUT2D eigenvalue weighted by Gasteiger charge is 2.31. The Labute approximate surface area is 194 Å². The van der Waals surface area contributed by atoms with Crippen molar-refractivity contribution in [2.75, 3.05) is 4.72 Å². The monoisotopic (exact) mass is 505 g/mol. The summed E-state index contributed by atoms with van der Waals surface area (Å²) >= 11 is 0. The molecule has 4 rings (SSSR count). The molecule has 178 valence electrons. The van der Waals surface area contributed by atoms with Crippen LogP contribution in [0.25, 0.3) is 11.0 Å². The van der Waals surface area contributed by atoms with Crippen molar-refractivity contribution in [3.63, 3.8) is 0 Å². The Bertz CT molecular complexity index is 1620. The van der Waals surface area contributed by atoms with E-state index in [2.05, 4.69) is 15.9 Å². The van der Waals surface area contributed by atoms with Crippen molar-refractivity contribution < 1.29 is 35.2 Å². The fraction of sp³-hybridized carbons (Fsp3) is 0.0435. The maximum Gasteiger partial charge on any atom is 0.416 e. The van der Waals surface area contributed by atoms with E-state index in [1.54, 1.807) is 0 Å². The highest BCUT2D eigenvalue weighted by Crippen LogP contribution is 2.31. The summed E-state index contributed by atoms with van der Waals surface area (Å²) in [5.41, 5.74) is -2.54. The standard InChI is InChI=1S/C23H12F5N3O3S/c1-2-12-9-15-16(11-30-22(15)29-10-12)21(32)19-17(24)7-8-18(20(19)25)31-35(33,34)14-5-3-13(4-6-14)23(26,27)28/h1,3-11,31H,(H,29,30). The number of rotatable bonds is 5. The first-order chi connectivity index (χ1) is 16.4. The number of carbonyl (C=O) groups excluding carboxylic acids is 1. The van der Waals surface area contributed by atoms with Crippen LogP contribution < -0.4 is 4.72 Å². The van der Waals surface area contributed by atoms with E-state index in [0.717, 1.165) is 6.07 Å². The van der Waals surface area contributed by atoms with Gasteiger partial charge in [0.25, 0.3) is 10.0 Å². The Morgan fingerprint density at radius 2 is 1.77 bits per heavy atom. The maximum absolute atomic E-state index is 15.2. The van der Waals surface area contributed by atoms with Gasteiger partial charge in [0, 0.05) is 28.9 Å². The number of hydrogen-bond acceptors (Lipinski definition) is 4. The first kappa shape index (κ1) is 23.9. The first-order valence-electron chi connectivity index (χ1n) is 9.59. The van der Waals surface area contributed by atoms with Gasteiger partial charge in [0.15, 0.2) is 5.82 Å². The van der Waals surface area contributed by atoms with Gasteiger partial charge in [0.05, 0.1) is 21.7 Å². The number of carbonyl (C=O) groups is 1. The van der Waals surface area contributed by atoms with Gasteiger partial charge in [-0.1, -0.05) is 5.92 Å². The number of alkyl halides is 3. The molecule has 2 aromatic carbocycles. The van der Waals surface area contributed by atoms with Gasteiger partial charge in [-0.2, -0.15) is 13.2 Å². The summed E-state index contributed by atoms with van der Waals surface area (Å²) in [5.74, 6) is -1.56. The van der Waals surface area contributed by atoms with E-state index in [4.69, 9.17) is 6.42 Å². The number of ketones is 1. The lowest BCUT2D eigenvalue weighted by Gasteiger charge is -2.13. The number of pyridine rings is 1. The molecule has 35 heavy (non-hydrogen) atoms. The smallest absolute Gasteiger partial charge is 0.345 e. The van der Waals surface area contributed by atoms with Crippen molar-refractivity contribution in [1.29, 1.82) is 0 Å². The number of hydrogen-bond donors (Lipinski definition) is 2. The lowest BCUT2D eigenvalue weighted by molar-refractivity contribution is -0.137. The summed E-state index contributed by atoms with van der Waals surface area (Å²) in [5, 5.41) is 0.194. The van der Waals surface area contributed by atoms with Crippen LogP contribution in [0.4, 0.5) is 27.6 Å². The summed E-state index contributed by atoms with van der Waals surface area (Å²) in [6, 6.07) is 5.29. The van der Waals surface area contributed by atoms with Gasteiger partial charge in [0.2, 0.25) is 5.78 Å². The number of fused-ring (bicyclic) bond motifs is 1. The molecule has 0 fully saturated rings. The SMILES string of the molecule is C#Cc1cnc2[nH]cc(C(=O)c3c(F)ccc(NS(=O)(=O)c4ccc(C(F)(F)F)cc4)c3F)c2c1. The van der Waals surface area contributed by atoms with Crippen molar-refractivity contribution >= 4 is 32.5 Å². The summed E-state index contributed by atoms with van der Waals surface area (Å²) in [6.07, 6.45) is 3.17. The Kier molecular flexibility index (Phi) is 5.82. The molecule has 2 aromatic heterocycles. The van der Waals surface area contributed by atoms with Crippen molar-refractivity contribution in [2.24, 2.45) is 0 Å². The lowest BCUT2D eigenvalue weighted by Crippen LogP contribution is -2.17. The van der Waals surface area contributed by atoms with Crippen LogP contribution in [0.15, 0.2) is 59.8 Å². The number of H-pyrrole nitrogens is 1. The fourth-order valence-electron chi connectivity index (χ4n) is 3.27. The van der Waals surface area contributed by atoms with Crippen molar-refractivity contribution in [2.45, 2.75) is 11.1 Å². The first-order valence-corrected chi connectivity index (χ1v) is 11.1. The van der Waals surface area contributed by atoms with E-state index in [1.165, 1.54) is 18.5 Å². The van der Waals surface area contributed by atoms with Crippen LogP contribution in [0.5, 0.6) is 0 Å². The second-order valence-electron chi connectivity index (χ2n) is 7.21. The molecule has 2 heterocycles. The minimum absolute atomic E-state index is 0.162. The fourth-order valence-corrected chi connectivity index (χ4v) is 4.33. The number of aromatic nitrogens is 2. The summed E-state index contributed by atoms with van der Waals surface area (Å²) in [7, 11) is -4.58. The molecule has 0 saturated carbocycles. The number of aromatic amines is 1. The number of halogens is 5. The maximum atomic E-state index is 15.2. The van der Waals surface area contributed by atoms with Gasteiger partial charge in [-0.15, -0.1) is 6.42 Å². The molecule has 6 nitrogen and oxygen atoms in total. The van der Waals surface area contributed by atoms with Crippen LogP contribution >= 0.6 is 0 Å². The largest absolute Gasteiger partial charge is 0.416 e. The Morgan fingerprint density at radius 3 is 2.40 bits per heavy atom. The molecule has 4 aromatic rings. The summed E-state index contributed by atoms with van der Waals surface area (Å²) < 4.78 is 94.9. The number of anilines is 1. The van der Waals surface area contributed by atoms with Gasteiger partial charge >= 0.3 is 6.18 Å². The average molecular weight is 505 g/mol. The van der Waals surface area contributed by atoms with E-state index in [1.807, 2.05) is 4.72 Å². The molecular weight excluding hydrogens is 493 g/mol. The Balaban J connectivity index is 1.72. The third-order valence-electron chi connectivity index (χ3n) is 5.00. The molecule has 0 saturated heterocycles. The number of terminal acetylenes is 1. The van der Waals surface area contributed by atoms with Crippen molar-refractivity contribution in [3.05, 3.63) is 88.7 Å². The summed E-state index contributed by atoms with van der Waals surface area (Å²) in [4.78, 5) is 19.1. The zero-order valence-corrected chi connectivity index (χ0v) is 18.1. The minimum atomic E-state index is -4.69. The van der Waals surface area contributed by atoms with E-state index >= 15 is 4.39 Å². The Morgan fingerprint density at radius 1 is 1.09 bits per heavy atom. The van der Waals surface area contributed by atoms with Gasteiger partial charge < -0.3 is 4.98 Å². The molecule has 2 N–H and O–H groups in total. The lowest BCUT2D eigenvalue weighted by atomic mass is 10.0. The van der Waals surface area contributed by atoms with Crippen molar-refractivity contribution in [3.8, 4) is 12.3 Å². The van der Waals surface area contributed by atoms with Crippen molar-refractivity contribution in [1.82, 2.24) is 9.97 Å². The van der Waals surface area contributed by atoms with Crippen LogP contribution in [-0.2, 0) is 16.2 Å². The van der Waals surface area contributed by atoms with Gasteiger partial charge in [-0.3, -0.25) is 9.52 Å². The molecule has 0 radical (unpaired) electrons. The molecule has 0 aliphatic rings. The molecular formula is C23H12F5N3O3S. The third-order valence-corrected chi connectivity index (χ3v) is 6.38. The number of benzene rings is 2. The van der Waals surface area contributed by atoms with Crippen LogP contribution in [0.3, 0.4) is 0 Å². The third kappa shape index (κ3) is 4.45. The predicted molar refractivity (Wildman–Crippen MR) is 116 cm³/mol. The van der Waals surface area contributed by atoms with E-state index in [0.29, 0.717) is 35.9 Å². The van der Waals surface area contributed by atoms with E-state index in [9.17, 15) is 30.8 Å². The van der Waals surface area contributed by atoms with Crippen LogP contribution in [0, 0.1) is 24.0 Å². The van der Waals surface area contributed by atoms with Crippen LogP contribution in [0.2, 0.25) is 0 Å². The van der Waals surface area contributed by atoms with Crippen LogP contribution in [0.1, 0.15) is 27.0 Å². The molecule has 0 amide bonds. The predicted octanol–water partition coefficient (Wildman–Crippen LogP) is 4.87. The van der Waals surface area contributed by atoms with Gasteiger partial charge in [-0.05, 0) is 42.5 Å². The molecule has 0 spiro atoms. The Hall–Kier alpha value is -4.24.